The molecular formula is C13H24N4O. The molecule has 3 N–H and O–H groups in total. The SMILES string of the molecule is CC(C)C(CNC(=O)c1nn(C)cc1N)C(C)C. The van der Waals surface area contributed by atoms with E-state index >= 15 is 0 Å². The summed E-state index contributed by atoms with van der Waals surface area (Å²) in [5.41, 5.74) is 6.45. The summed E-state index contributed by atoms with van der Waals surface area (Å²) in [6.07, 6.45) is 1.64. The van der Waals surface area contributed by atoms with Gasteiger partial charge in [0, 0.05) is 19.8 Å². The van der Waals surface area contributed by atoms with Crippen molar-refractivity contribution < 1.29 is 4.79 Å². The molecule has 0 radical (unpaired) electrons. The number of carbonyl (C=O) groups excluding carboxylic acids is 1. The molecule has 1 rings (SSSR count). The van der Waals surface area contributed by atoms with Gasteiger partial charge >= 0.3 is 0 Å². The number of amides is 1. The van der Waals surface area contributed by atoms with Gasteiger partial charge in [-0.25, -0.2) is 0 Å². The molecule has 5 heteroatoms. The van der Waals surface area contributed by atoms with Gasteiger partial charge in [0.25, 0.3) is 5.91 Å². The number of nitrogen functional groups attached to an aromatic ring is 1. The highest BCUT2D eigenvalue weighted by Gasteiger charge is 2.20. The van der Waals surface area contributed by atoms with Gasteiger partial charge in [0.05, 0.1) is 5.69 Å². The predicted molar refractivity (Wildman–Crippen MR) is 73.1 cm³/mol. The standard InChI is InChI=1S/C13H24N4O/c1-8(2)10(9(3)4)6-15-13(18)12-11(14)7-17(5)16-12/h7-10H,6,14H2,1-5H3,(H,15,18). The third-order valence-corrected chi connectivity index (χ3v) is 3.28. The van der Waals surface area contributed by atoms with Crippen molar-refractivity contribution in [2.24, 2.45) is 24.8 Å². The maximum atomic E-state index is 12.0. The number of rotatable bonds is 5. The number of hydrogen-bond acceptors (Lipinski definition) is 3. The van der Waals surface area contributed by atoms with Crippen molar-refractivity contribution >= 4 is 11.6 Å². The van der Waals surface area contributed by atoms with Gasteiger partial charge in [0.2, 0.25) is 0 Å². The van der Waals surface area contributed by atoms with Crippen LogP contribution in [0.3, 0.4) is 0 Å². The van der Waals surface area contributed by atoms with E-state index in [1.54, 1.807) is 17.9 Å². The largest absolute Gasteiger partial charge is 0.396 e. The summed E-state index contributed by atoms with van der Waals surface area (Å²) in [5, 5.41) is 6.98. The molecule has 0 spiro atoms. The second kappa shape index (κ2) is 5.89. The van der Waals surface area contributed by atoms with Crippen LogP contribution in [-0.4, -0.2) is 22.2 Å². The lowest BCUT2D eigenvalue weighted by Gasteiger charge is -2.24. The average Bonchev–Trinajstić information content (AvgIpc) is 2.56. The lowest BCUT2D eigenvalue weighted by molar-refractivity contribution is 0.0932. The number of nitrogens with two attached hydrogens (primary N) is 1. The van der Waals surface area contributed by atoms with Crippen molar-refractivity contribution in [3.63, 3.8) is 0 Å². The normalized spacial score (nSPS) is 11.6. The van der Waals surface area contributed by atoms with E-state index in [1.165, 1.54) is 0 Å². The molecule has 0 saturated heterocycles. The molecule has 1 aromatic heterocycles. The van der Waals surface area contributed by atoms with Gasteiger partial charge in [0.15, 0.2) is 5.69 Å². The van der Waals surface area contributed by atoms with Crippen molar-refractivity contribution in [3.8, 4) is 0 Å². The van der Waals surface area contributed by atoms with Gasteiger partial charge < -0.3 is 11.1 Å². The molecule has 0 aromatic carbocycles. The fourth-order valence-electron chi connectivity index (χ4n) is 2.22. The molecule has 0 saturated carbocycles. The lowest BCUT2D eigenvalue weighted by Crippen LogP contribution is -2.34. The van der Waals surface area contributed by atoms with Crippen LogP contribution in [0.5, 0.6) is 0 Å². The Hall–Kier alpha value is -1.52. The van der Waals surface area contributed by atoms with E-state index in [9.17, 15) is 4.79 Å². The first-order valence-electron chi connectivity index (χ1n) is 6.40. The Morgan fingerprint density at radius 3 is 2.33 bits per heavy atom. The van der Waals surface area contributed by atoms with Crippen LogP contribution in [0.15, 0.2) is 6.20 Å². The minimum absolute atomic E-state index is 0.195. The second-order valence-corrected chi connectivity index (χ2v) is 5.47. The molecule has 0 aliphatic carbocycles. The van der Waals surface area contributed by atoms with Crippen LogP contribution in [-0.2, 0) is 7.05 Å². The van der Waals surface area contributed by atoms with Gasteiger partial charge in [0.1, 0.15) is 0 Å². The fraction of sp³-hybridized carbons (Fsp3) is 0.692. The molecule has 1 aromatic rings. The fourth-order valence-corrected chi connectivity index (χ4v) is 2.22. The van der Waals surface area contributed by atoms with Crippen molar-refractivity contribution in [1.29, 1.82) is 0 Å². The first-order valence-corrected chi connectivity index (χ1v) is 6.40. The van der Waals surface area contributed by atoms with Crippen LogP contribution >= 0.6 is 0 Å². The topological polar surface area (TPSA) is 72.9 Å². The van der Waals surface area contributed by atoms with E-state index in [0.717, 1.165) is 0 Å². The smallest absolute Gasteiger partial charge is 0.273 e. The molecule has 18 heavy (non-hydrogen) atoms. The predicted octanol–water partition coefficient (Wildman–Crippen LogP) is 1.66. The van der Waals surface area contributed by atoms with Crippen molar-refractivity contribution in [2.75, 3.05) is 12.3 Å². The second-order valence-electron chi connectivity index (χ2n) is 5.47. The number of carbonyl (C=O) groups is 1. The highest BCUT2D eigenvalue weighted by molar-refractivity contribution is 5.96. The number of aromatic nitrogens is 2. The molecule has 0 unspecified atom stereocenters. The van der Waals surface area contributed by atoms with E-state index in [1.807, 2.05) is 0 Å². The molecule has 0 aliphatic rings. The first-order chi connectivity index (χ1) is 8.32. The summed E-state index contributed by atoms with van der Waals surface area (Å²) in [6, 6.07) is 0. The number of nitrogens with one attached hydrogen (secondary N) is 1. The Kier molecular flexibility index (Phi) is 4.76. The summed E-state index contributed by atoms with van der Waals surface area (Å²) in [5.74, 6) is 1.33. The summed E-state index contributed by atoms with van der Waals surface area (Å²) in [7, 11) is 1.75. The van der Waals surface area contributed by atoms with Crippen LogP contribution in [0.2, 0.25) is 0 Å². The van der Waals surface area contributed by atoms with Crippen LogP contribution in [0, 0.1) is 17.8 Å². The van der Waals surface area contributed by atoms with Gasteiger partial charge in [-0.1, -0.05) is 27.7 Å². The Morgan fingerprint density at radius 2 is 1.94 bits per heavy atom. The van der Waals surface area contributed by atoms with E-state index < -0.39 is 0 Å². The molecule has 5 nitrogen and oxygen atoms in total. The van der Waals surface area contributed by atoms with E-state index in [2.05, 4.69) is 38.1 Å². The Morgan fingerprint density at radius 1 is 1.39 bits per heavy atom. The summed E-state index contributed by atoms with van der Waals surface area (Å²) in [6.45, 7) is 9.35. The minimum atomic E-state index is -0.195. The van der Waals surface area contributed by atoms with Crippen LogP contribution < -0.4 is 11.1 Å². The zero-order chi connectivity index (χ0) is 13.9. The molecular weight excluding hydrogens is 228 g/mol. The Labute approximate surface area is 109 Å². The van der Waals surface area contributed by atoms with Crippen molar-refractivity contribution in [2.45, 2.75) is 27.7 Å². The molecule has 0 aliphatic heterocycles. The first kappa shape index (κ1) is 14.5. The lowest BCUT2D eigenvalue weighted by atomic mass is 9.85. The molecule has 0 atom stereocenters. The van der Waals surface area contributed by atoms with Crippen molar-refractivity contribution in [3.05, 3.63) is 11.9 Å². The van der Waals surface area contributed by atoms with E-state index in [0.29, 0.717) is 35.7 Å². The van der Waals surface area contributed by atoms with Gasteiger partial charge in [-0.05, 0) is 17.8 Å². The minimum Gasteiger partial charge on any atom is -0.396 e. The highest BCUT2D eigenvalue weighted by Crippen LogP contribution is 2.19. The zero-order valence-electron chi connectivity index (χ0n) is 11.9. The van der Waals surface area contributed by atoms with Gasteiger partial charge in [-0.2, -0.15) is 5.10 Å². The van der Waals surface area contributed by atoms with Crippen LogP contribution in [0.25, 0.3) is 0 Å². The van der Waals surface area contributed by atoms with E-state index in [4.69, 9.17) is 5.73 Å². The average molecular weight is 252 g/mol. The molecule has 0 bridgehead atoms. The van der Waals surface area contributed by atoms with Crippen LogP contribution in [0.1, 0.15) is 38.2 Å². The highest BCUT2D eigenvalue weighted by atomic mass is 16.2. The van der Waals surface area contributed by atoms with Crippen LogP contribution in [0.4, 0.5) is 5.69 Å². The van der Waals surface area contributed by atoms with E-state index in [-0.39, 0.29) is 5.91 Å². The number of aryl methyl sites for hydroxylation is 1. The molecule has 1 heterocycles. The van der Waals surface area contributed by atoms with Gasteiger partial charge in [-0.3, -0.25) is 9.48 Å². The molecule has 102 valence electrons. The third kappa shape index (κ3) is 3.48. The van der Waals surface area contributed by atoms with Crippen molar-refractivity contribution in [1.82, 2.24) is 15.1 Å². The quantitative estimate of drug-likeness (QED) is 0.837. The van der Waals surface area contributed by atoms with Gasteiger partial charge in [-0.15, -0.1) is 0 Å². The number of nitrogens with zero attached hydrogens (tertiary/aromatic N) is 2. The molecule has 1 amide bonds. The maximum absolute atomic E-state index is 12.0. The summed E-state index contributed by atoms with van der Waals surface area (Å²) < 4.78 is 1.55. The summed E-state index contributed by atoms with van der Waals surface area (Å²) in [4.78, 5) is 12.0. The third-order valence-electron chi connectivity index (χ3n) is 3.28. The maximum Gasteiger partial charge on any atom is 0.273 e. The summed E-state index contributed by atoms with van der Waals surface area (Å²) >= 11 is 0. The number of anilines is 1. The number of hydrogen-bond donors (Lipinski definition) is 2. The molecule has 0 fully saturated rings. The monoisotopic (exact) mass is 252 g/mol. The Balaban J connectivity index is 2.63. The zero-order valence-corrected chi connectivity index (χ0v) is 11.9. The Bertz CT molecular complexity index is 401.